The first-order valence-corrected chi connectivity index (χ1v) is 9.53. The predicted octanol–water partition coefficient (Wildman–Crippen LogP) is 3.38. The van der Waals surface area contributed by atoms with Crippen LogP contribution in [0.15, 0.2) is 29.4 Å². The fourth-order valence-electron chi connectivity index (χ4n) is 3.04. The van der Waals surface area contributed by atoms with Crippen molar-refractivity contribution in [3.8, 4) is 5.69 Å². The van der Waals surface area contributed by atoms with Gasteiger partial charge in [-0.2, -0.15) is 0 Å². The van der Waals surface area contributed by atoms with Crippen LogP contribution in [0.2, 0.25) is 0 Å². The van der Waals surface area contributed by atoms with Gasteiger partial charge in [-0.05, 0) is 44.4 Å². The summed E-state index contributed by atoms with van der Waals surface area (Å²) in [5.74, 6) is 1.47. The Balaban J connectivity index is 1.71. The first-order chi connectivity index (χ1) is 11.6. The van der Waals surface area contributed by atoms with Crippen LogP contribution in [0.3, 0.4) is 0 Å². The van der Waals surface area contributed by atoms with Crippen molar-refractivity contribution < 1.29 is 4.79 Å². The molecule has 0 unspecified atom stereocenters. The monoisotopic (exact) mass is 344 g/mol. The van der Waals surface area contributed by atoms with Gasteiger partial charge in [-0.25, -0.2) is 0 Å². The lowest BCUT2D eigenvalue weighted by molar-refractivity contribution is -0.128. The fourth-order valence-corrected chi connectivity index (χ4v) is 3.94. The van der Waals surface area contributed by atoms with E-state index in [1.54, 1.807) is 0 Å². The summed E-state index contributed by atoms with van der Waals surface area (Å²) in [7, 11) is 0. The molecule has 128 valence electrons. The maximum Gasteiger partial charge on any atom is 0.233 e. The second-order valence-electron chi connectivity index (χ2n) is 6.29. The average Bonchev–Trinajstić information content (AvgIpc) is 2.77. The van der Waals surface area contributed by atoms with Gasteiger partial charge >= 0.3 is 0 Å². The van der Waals surface area contributed by atoms with Gasteiger partial charge in [-0.3, -0.25) is 9.36 Å². The third-order valence-corrected chi connectivity index (χ3v) is 5.25. The number of aromatic nitrogens is 3. The molecule has 1 saturated heterocycles. The highest BCUT2D eigenvalue weighted by Gasteiger charge is 2.18. The van der Waals surface area contributed by atoms with Crippen molar-refractivity contribution in [1.82, 2.24) is 19.7 Å². The summed E-state index contributed by atoms with van der Waals surface area (Å²) in [6.45, 7) is 5.79. The van der Waals surface area contributed by atoms with Gasteiger partial charge in [0.2, 0.25) is 5.91 Å². The van der Waals surface area contributed by atoms with E-state index in [2.05, 4.69) is 29.3 Å². The molecule has 0 bridgehead atoms. The third kappa shape index (κ3) is 3.98. The van der Waals surface area contributed by atoms with Crippen molar-refractivity contribution in [3.05, 3.63) is 35.7 Å². The van der Waals surface area contributed by atoms with Crippen molar-refractivity contribution in [2.75, 3.05) is 18.8 Å². The Morgan fingerprint density at radius 2 is 1.88 bits per heavy atom. The maximum absolute atomic E-state index is 12.5. The van der Waals surface area contributed by atoms with Crippen LogP contribution in [0.5, 0.6) is 0 Å². The Hall–Kier alpha value is -1.82. The minimum Gasteiger partial charge on any atom is -0.342 e. The highest BCUT2D eigenvalue weighted by Crippen LogP contribution is 2.23. The molecule has 1 fully saturated rings. The van der Waals surface area contributed by atoms with Crippen molar-refractivity contribution in [2.24, 2.45) is 0 Å². The standard InChI is InChI=1S/C18H24N4OS/c1-14-8-7-9-16(12-14)22-15(2)19-20-18(22)24-13-17(23)21-10-5-3-4-6-11-21/h7-9,12H,3-6,10-11,13H2,1-2H3. The molecule has 1 aliphatic heterocycles. The van der Waals surface area contributed by atoms with Crippen LogP contribution in [0, 0.1) is 13.8 Å². The zero-order valence-electron chi connectivity index (χ0n) is 14.4. The predicted molar refractivity (Wildman–Crippen MR) is 96.6 cm³/mol. The first-order valence-electron chi connectivity index (χ1n) is 8.55. The van der Waals surface area contributed by atoms with Gasteiger partial charge in [0.1, 0.15) is 5.82 Å². The fraction of sp³-hybridized carbons (Fsp3) is 0.500. The molecule has 1 amide bonds. The zero-order chi connectivity index (χ0) is 16.9. The van der Waals surface area contributed by atoms with Gasteiger partial charge in [0.05, 0.1) is 5.75 Å². The van der Waals surface area contributed by atoms with E-state index in [0.29, 0.717) is 5.75 Å². The van der Waals surface area contributed by atoms with Gasteiger partial charge < -0.3 is 4.90 Å². The third-order valence-electron chi connectivity index (χ3n) is 4.34. The lowest BCUT2D eigenvalue weighted by atomic mass is 10.2. The van der Waals surface area contributed by atoms with Crippen molar-refractivity contribution in [2.45, 2.75) is 44.7 Å². The number of benzene rings is 1. The van der Waals surface area contributed by atoms with E-state index in [9.17, 15) is 4.79 Å². The number of carbonyl (C=O) groups is 1. The second kappa shape index (κ2) is 7.83. The van der Waals surface area contributed by atoms with Crippen LogP contribution in [0.25, 0.3) is 5.69 Å². The van der Waals surface area contributed by atoms with Crippen LogP contribution in [-0.4, -0.2) is 44.4 Å². The molecule has 24 heavy (non-hydrogen) atoms. The van der Waals surface area contributed by atoms with E-state index in [1.165, 1.54) is 30.2 Å². The average molecular weight is 344 g/mol. The lowest BCUT2D eigenvalue weighted by Crippen LogP contribution is -2.33. The molecule has 1 aromatic heterocycles. The van der Waals surface area contributed by atoms with E-state index in [4.69, 9.17) is 0 Å². The maximum atomic E-state index is 12.5. The van der Waals surface area contributed by atoms with E-state index in [0.717, 1.165) is 42.6 Å². The topological polar surface area (TPSA) is 51.0 Å². The summed E-state index contributed by atoms with van der Waals surface area (Å²) >= 11 is 1.48. The number of nitrogens with zero attached hydrogens (tertiary/aromatic N) is 4. The normalized spacial score (nSPS) is 15.3. The molecule has 0 saturated carbocycles. The summed E-state index contributed by atoms with van der Waals surface area (Å²) < 4.78 is 2.02. The molecule has 6 heteroatoms. The Morgan fingerprint density at radius 1 is 1.12 bits per heavy atom. The molecule has 2 aromatic rings. The number of aryl methyl sites for hydroxylation is 2. The smallest absolute Gasteiger partial charge is 0.233 e. The Morgan fingerprint density at radius 3 is 2.58 bits per heavy atom. The van der Waals surface area contributed by atoms with E-state index >= 15 is 0 Å². The van der Waals surface area contributed by atoms with Crippen molar-refractivity contribution in [3.63, 3.8) is 0 Å². The summed E-state index contributed by atoms with van der Waals surface area (Å²) in [6, 6.07) is 8.25. The molecule has 0 aliphatic carbocycles. The van der Waals surface area contributed by atoms with Crippen LogP contribution < -0.4 is 0 Å². The van der Waals surface area contributed by atoms with Gasteiger partial charge in [0.15, 0.2) is 5.16 Å². The second-order valence-corrected chi connectivity index (χ2v) is 7.23. The highest BCUT2D eigenvalue weighted by molar-refractivity contribution is 7.99. The first kappa shape index (κ1) is 17.0. The summed E-state index contributed by atoms with van der Waals surface area (Å²) in [6.07, 6.45) is 4.71. The van der Waals surface area contributed by atoms with E-state index in [1.807, 2.05) is 28.5 Å². The van der Waals surface area contributed by atoms with Crippen molar-refractivity contribution >= 4 is 17.7 Å². The van der Waals surface area contributed by atoms with Crippen LogP contribution in [0.1, 0.15) is 37.1 Å². The largest absolute Gasteiger partial charge is 0.342 e. The molecule has 0 atom stereocenters. The lowest BCUT2D eigenvalue weighted by Gasteiger charge is -2.19. The summed E-state index contributed by atoms with van der Waals surface area (Å²) in [5.41, 5.74) is 2.24. The number of amides is 1. The molecule has 0 radical (unpaired) electrons. The number of likely N-dealkylation sites (tertiary alicyclic amines) is 1. The van der Waals surface area contributed by atoms with Crippen LogP contribution in [-0.2, 0) is 4.79 Å². The summed E-state index contributed by atoms with van der Waals surface area (Å²) in [5, 5.41) is 9.24. The summed E-state index contributed by atoms with van der Waals surface area (Å²) in [4.78, 5) is 14.5. The molecule has 5 nitrogen and oxygen atoms in total. The molecular formula is C18H24N4OS. The number of thioether (sulfide) groups is 1. The molecule has 3 rings (SSSR count). The minimum absolute atomic E-state index is 0.207. The quantitative estimate of drug-likeness (QED) is 0.798. The number of rotatable bonds is 4. The molecule has 2 heterocycles. The number of hydrogen-bond donors (Lipinski definition) is 0. The van der Waals surface area contributed by atoms with Gasteiger partial charge in [-0.1, -0.05) is 36.7 Å². The number of carbonyl (C=O) groups excluding carboxylic acids is 1. The van der Waals surface area contributed by atoms with Gasteiger partial charge in [0, 0.05) is 18.8 Å². The molecule has 0 N–H and O–H groups in total. The van der Waals surface area contributed by atoms with Crippen LogP contribution in [0.4, 0.5) is 0 Å². The highest BCUT2D eigenvalue weighted by atomic mass is 32.2. The molecule has 0 spiro atoms. The molecule has 1 aliphatic rings. The molecule has 1 aromatic carbocycles. The Labute approximate surface area is 147 Å². The molecular weight excluding hydrogens is 320 g/mol. The zero-order valence-corrected chi connectivity index (χ0v) is 15.2. The Kier molecular flexibility index (Phi) is 5.56. The Bertz CT molecular complexity index is 705. The SMILES string of the molecule is Cc1cccc(-n2c(C)nnc2SCC(=O)N2CCCCCC2)c1. The van der Waals surface area contributed by atoms with Crippen molar-refractivity contribution in [1.29, 1.82) is 0 Å². The van der Waals surface area contributed by atoms with Gasteiger partial charge in [-0.15, -0.1) is 10.2 Å². The van der Waals surface area contributed by atoms with E-state index in [-0.39, 0.29) is 5.91 Å². The van der Waals surface area contributed by atoms with Crippen LogP contribution >= 0.6 is 11.8 Å². The number of hydrogen-bond acceptors (Lipinski definition) is 4. The van der Waals surface area contributed by atoms with Gasteiger partial charge in [0.25, 0.3) is 0 Å². The van der Waals surface area contributed by atoms with E-state index < -0.39 is 0 Å². The minimum atomic E-state index is 0.207.